The Hall–Kier alpha value is -0.790. The summed E-state index contributed by atoms with van der Waals surface area (Å²) in [5.41, 5.74) is 2.10. The maximum absolute atomic E-state index is 11.8. The topological polar surface area (TPSA) is 54.9 Å². The maximum Gasteiger partial charge on any atom is 0.277 e. The molecule has 7 heteroatoms. The predicted molar refractivity (Wildman–Crippen MR) is 74.4 cm³/mol. The van der Waals surface area contributed by atoms with Gasteiger partial charge in [-0.05, 0) is 68.0 Å². The molecule has 0 fully saturated rings. The largest absolute Gasteiger partial charge is 0.319 e. The summed E-state index contributed by atoms with van der Waals surface area (Å²) in [5, 5.41) is 8.10. The number of carbonyl (C=O) groups excluding carboxylic acids is 1. The van der Waals surface area contributed by atoms with E-state index in [-0.39, 0.29) is 5.91 Å². The number of rotatable bonds is 2. The standard InChI is InChI=1S/C10H7Br2N3OS/c1-5-2-6(11)9(7(12)3-5)13-10(16)8-4-17-15-14-8/h2-4H,1H3,(H,13,16). The van der Waals surface area contributed by atoms with E-state index in [0.717, 1.165) is 26.0 Å². The first-order valence-corrected chi connectivity index (χ1v) is 7.04. The lowest BCUT2D eigenvalue weighted by atomic mass is 10.2. The van der Waals surface area contributed by atoms with Crippen LogP contribution in [0.25, 0.3) is 0 Å². The Morgan fingerprint density at radius 1 is 1.35 bits per heavy atom. The summed E-state index contributed by atoms with van der Waals surface area (Å²) < 4.78 is 5.29. The van der Waals surface area contributed by atoms with Crippen LogP contribution < -0.4 is 5.32 Å². The molecule has 0 aliphatic rings. The van der Waals surface area contributed by atoms with Crippen LogP contribution in [0.2, 0.25) is 0 Å². The van der Waals surface area contributed by atoms with Crippen LogP contribution in [0.15, 0.2) is 26.5 Å². The zero-order chi connectivity index (χ0) is 12.4. The van der Waals surface area contributed by atoms with Crippen LogP contribution in [0.1, 0.15) is 16.1 Å². The van der Waals surface area contributed by atoms with E-state index < -0.39 is 0 Å². The van der Waals surface area contributed by atoms with Crippen molar-refractivity contribution in [2.24, 2.45) is 0 Å². The molecule has 1 aromatic carbocycles. The van der Waals surface area contributed by atoms with E-state index in [1.807, 2.05) is 19.1 Å². The van der Waals surface area contributed by atoms with Crippen molar-refractivity contribution in [2.45, 2.75) is 6.92 Å². The number of halogens is 2. The molecule has 1 heterocycles. The highest BCUT2D eigenvalue weighted by Crippen LogP contribution is 2.32. The third kappa shape index (κ3) is 2.91. The van der Waals surface area contributed by atoms with Crippen molar-refractivity contribution in [3.63, 3.8) is 0 Å². The van der Waals surface area contributed by atoms with Gasteiger partial charge in [-0.3, -0.25) is 4.79 Å². The fraction of sp³-hybridized carbons (Fsp3) is 0.100. The first kappa shape index (κ1) is 12.7. The number of aromatic nitrogens is 2. The van der Waals surface area contributed by atoms with Gasteiger partial charge in [0, 0.05) is 14.3 Å². The number of hydrogen-bond acceptors (Lipinski definition) is 4. The number of hydrogen-bond donors (Lipinski definition) is 1. The van der Waals surface area contributed by atoms with Crippen molar-refractivity contribution >= 4 is 55.0 Å². The van der Waals surface area contributed by atoms with E-state index >= 15 is 0 Å². The van der Waals surface area contributed by atoms with Gasteiger partial charge in [0.1, 0.15) is 0 Å². The zero-order valence-corrected chi connectivity index (χ0v) is 12.7. The fourth-order valence-corrected chi connectivity index (χ4v) is 3.31. The molecule has 1 N–H and O–H groups in total. The normalized spacial score (nSPS) is 10.3. The molecule has 0 radical (unpaired) electrons. The van der Waals surface area contributed by atoms with Gasteiger partial charge in [-0.1, -0.05) is 4.49 Å². The van der Waals surface area contributed by atoms with Crippen LogP contribution in [0, 0.1) is 6.92 Å². The molecule has 0 saturated heterocycles. The first-order chi connectivity index (χ1) is 8.08. The molecular formula is C10H7Br2N3OS. The Kier molecular flexibility index (Phi) is 3.90. The van der Waals surface area contributed by atoms with E-state index in [2.05, 4.69) is 46.8 Å². The van der Waals surface area contributed by atoms with Gasteiger partial charge in [-0.15, -0.1) is 5.10 Å². The van der Waals surface area contributed by atoms with Crippen molar-refractivity contribution in [3.05, 3.63) is 37.7 Å². The number of amides is 1. The summed E-state index contributed by atoms with van der Waals surface area (Å²) in [6, 6.07) is 3.86. The van der Waals surface area contributed by atoms with Crippen LogP contribution >= 0.6 is 43.4 Å². The average Bonchev–Trinajstić information content (AvgIpc) is 2.76. The summed E-state index contributed by atoms with van der Waals surface area (Å²) in [6.45, 7) is 1.98. The lowest BCUT2D eigenvalue weighted by Crippen LogP contribution is -2.13. The highest BCUT2D eigenvalue weighted by atomic mass is 79.9. The van der Waals surface area contributed by atoms with Gasteiger partial charge in [-0.2, -0.15) is 0 Å². The minimum absolute atomic E-state index is 0.274. The second kappa shape index (κ2) is 5.24. The summed E-state index contributed by atoms with van der Waals surface area (Å²) in [4.78, 5) is 11.8. The Morgan fingerprint density at radius 3 is 2.53 bits per heavy atom. The van der Waals surface area contributed by atoms with Crippen LogP contribution in [0.5, 0.6) is 0 Å². The van der Waals surface area contributed by atoms with Gasteiger partial charge in [0.15, 0.2) is 5.69 Å². The quantitative estimate of drug-likeness (QED) is 0.870. The van der Waals surface area contributed by atoms with Gasteiger partial charge in [-0.25, -0.2) is 0 Å². The molecular weight excluding hydrogens is 370 g/mol. The first-order valence-electron chi connectivity index (χ1n) is 4.62. The highest BCUT2D eigenvalue weighted by Gasteiger charge is 2.13. The number of aryl methyl sites for hydroxylation is 1. The molecule has 0 aliphatic carbocycles. The number of anilines is 1. The zero-order valence-electron chi connectivity index (χ0n) is 8.70. The van der Waals surface area contributed by atoms with Crippen molar-refractivity contribution in [2.75, 3.05) is 5.32 Å². The molecule has 17 heavy (non-hydrogen) atoms. The second-order valence-corrected chi connectivity index (χ2v) is 5.67. The van der Waals surface area contributed by atoms with Crippen LogP contribution in [0.3, 0.4) is 0 Å². The molecule has 1 amide bonds. The predicted octanol–water partition coefficient (Wildman–Crippen LogP) is 3.62. The van der Waals surface area contributed by atoms with Crippen molar-refractivity contribution in [1.29, 1.82) is 0 Å². The van der Waals surface area contributed by atoms with Crippen LogP contribution in [-0.2, 0) is 0 Å². The molecule has 1 aromatic heterocycles. The highest BCUT2D eigenvalue weighted by molar-refractivity contribution is 9.11. The molecule has 4 nitrogen and oxygen atoms in total. The van der Waals surface area contributed by atoms with E-state index in [0.29, 0.717) is 11.4 Å². The van der Waals surface area contributed by atoms with Crippen molar-refractivity contribution < 1.29 is 4.79 Å². The monoisotopic (exact) mass is 375 g/mol. The number of nitrogens with zero attached hydrogens (tertiary/aromatic N) is 2. The minimum atomic E-state index is -0.274. The summed E-state index contributed by atoms with van der Waals surface area (Å²) >= 11 is 7.97. The molecule has 2 rings (SSSR count). The van der Waals surface area contributed by atoms with Crippen molar-refractivity contribution in [3.8, 4) is 0 Å². The molecule has 0 saturated carbocycles. The lowest BCUT2D eigenvalue weighted by Gasteiger charge is -2.09. The Morgan fingerprint density at radius 2 is 2.00 bits per heavy atom. The number of nitrogens with one attached hydrogen (secondary N) is 1. The van der Waals surface area contributed by atoms with Gasteiger partial charge < -0.3 is 5.32 Å². The Labute approximate surface area is 119 Å². The summed E-state index contributed by atoms with van der Waals surface area (Å²) in [5.74, 6) is -0.274. The van der Waals surface area contributed by atoms with E-state index in [1.165, 1.54) is 0 Å². The second-order valence-electron chi connectivity index (χ2n) is 3.35. The van der Waals surface area contributed by atoms with Crippen molar-refractivity contribution in [1.82, 2.24) is 9.59 Å². The van der Waals surface area contributed by atoms with Gasteiger partial charge in [0.25, 0.3) is 5.91 Å². The summed E-state index contributed by atoms with van der Waals surface area (Å²) in [6.07, 6.45) is 0. The van der Waals surface area contributed by atoms with Crippen LogP contribution in [0.4, 0.5) is 5.69 Å². The molecule has 0 aliphatic heterocycles. The maximum atomic E-state index is 11.8. The fourth-order valence-electron chi connectivity index (χ4n) is 1.26. The number of carbonyl (C=O) groups is 1. The Bertz CT molecular complexity index is 534. The molecule has 0 unspecified atom stereocenters. The smallest absolute Gasteiger partial charge is 0.277 e. The molecule has 0 spiro atoms. The summed E-state index contributed by atoms with van der Waals surface area (Å²) in [7, 11) is 0. The van der Waals surface area contributed by atoms with Gasteiger partial charge in [0.2, 0.25) is 0 Å². The number of benzene rings is 1. The third-order valence-electron chi connectivity index (χ3n) is 2.02. The Balaban J connectivity index is 2.28. The minimum Gasteiger partial charge on any atom is -0.319 e. The molecule has 0 atom stereocenters. The molecule has 2 aromatic rings. The third-order valence-corrected chi connectivity index (χ3v) is 3.77. The SMILES string of the molecule is Cc1cc(Br)c(NC(=O)c2csnn2)c(Br)c1. The van der Waals surface area contributed by atoms with E-state index in [1.54, 1.807) is 5.38 Å². The van der Waals surface area contributed by atoms with Crippen LogP contribution in [-0.4, -0.2) is 15.5 Å². The molecule has 0 bridgehead atoms. The lowest BCUT2D eigenvalue weighted by molar-refractivity contribution is 0.102. The van der Waals surface area contributed by atoms with E-state index in [9.17, 15) is 4.79 Å². The molecule has 88 valence electrons. The van der Waals surface area contributed by atoms with Gasteiger partial charge >= 0.3 is 0 Å². The average molecular weight is 377 g/mol. The van der Waals surface area contributed by atoms with E-state index in [4.69, 9.17) is 0 Å². The van der Waals surface area contributed by atoms with Gasteiger partial charge in [0.05, 0.1) is 5.69 Å².